The van der Waals surface area contributed by atoms with Gasteiger partial charge >= 0.3 is 12.1 Å². The van der Waals surface area contributed by atoms with Crippen LogP contribution in [0.4, 0.5) is 13.2 Å². The molecule has 0 aliphatic carbocycles. The Bertz CT molecular complexity index is 1340. The van der Waals surface area contributed by atoms with Crippen LogP contribution in [0.2, 0.25) is 0 Å². The minimum absolute atomic E-state index is 0.0361. The lowest BCUT2D eigenvalue weighted by Crippen LogP contribution is -2.19. The number of hydrogen-bond acceptors (Lipinski definition) is 3. The van der Waals surface area contributed by atoms with Crippen molar-refractivity contribution in [3.63, 3.8) is 0 Å². The van der Waals surface area contributed by atoms with Gasteiger partial charge < -0.3 is 15.5 Å². The number of aromatic nitrogens is 1. The first kappa shape index (κ1) is 21.2. The second-order valence-corrected chi connectivity index (χ2v) is 7.15. The Morgan fingerprint density at radius 2 is 1.66 bits per heavy atom. The van der Waals surface area contributed by atoms with Crippen LogP contribution in [0.5, 0.6) is 0 Å². The van der Waals surface area contributed by atoms with Crippen molar-refractivity contribution in [2.24, 2.45) is 5.73 Å². The zero-order valence-corrected chi connectivity index (χ0v) is 16.8. The van der Waals surface area contributed by atoms with Crippen LogP contribution in [-0.4, -0.2) is 24.0 Å². The summed E-state index contributed by atoms with van der Waals surface area (Å²) < 4.78 is 44.2. The number of amides is 1. The second kappa shape index (κ2) is 7.88. The third-order valence-electron chi connectivity index (χ3n) is 5.14. The topological polar surface area (TPSA) is 85.2 Å². The quantitative estimate of drug-likeness (QED) is 0.418. The number of nitrogens with one attached hydrogen (secondary N) is 1. The summed E-state index contributed by atoms with van der Waals surface area (Å²) in [5.41, 5.74) is 7.13. The molecule has 1 heterocycles. The van der Waals surface area contributed by atoms with Crippen molar-refractivity contribution in [1.29, 1.82) is 0 Å². The van der Waals surface area contributed by atoms with Gasteiger partial charge in [0.25, 0.3) is 0 Å². The van der Waals surface area contributed by atoms with Crippen molar-refractivity contribution in [3.05, 3.63) is 83.4 Å². The van der Waals surface area contributed by atoms with E-state index in [-0.39, 0.29) is 16.7 Å². The smallest absolute Gasteiger partial charge is 0.416 e. The number of carbonyl (C=O) groups excluding carboxylic acids is 2. The van der Waals surface area contributed by atoms with Gasteiger partial charge in [-0.15, -0.1) is 0 Å². The molecule has 0 saturated heterocycles. The van der Waals surface area contributed by atoms with Crippen LogP contribution in [0, 0.1) is 0 Å². The molecular weight excluding hydrogens is 421 g/mol. The molecule has 1 amide bonds. The van der Waals surface area contributed by atoms with Crippen LogP contribution < -0.4 is 5.73 Å². The lowest BCUT2D eigenvalue weighted by molar-refractivity contribution is -0.137. The molecule has 0 saturated carbocycles. The van der Waals surface area contributed by atoms with Crippen LogP contribution in [-0.2, 0) is 10.9 Å². The van der Waals surface area contributed by atoms with E-state index < -0.39 is 23.6 Å². The number of H-pyrrole nitrogens is 1. The van der Waals surface area contributed by atoms with E-state index in [0.29, 0.717) is 22.2 Å². The summed E-state index contributed by atoms with van der Waals surface area (Å²) in [6.45, 7) is 0. The van der Waals surface area contributed by atoms with E-state index in [1.165, 1.54) is 25.3 Å². The van der Waals surface area contributed by atoms with E-state index >= 15 is 0 Å². The van der Waals surface area contributed by atoms with Gasteiger partial charge in [-0.05, 0) is 47.5 Å². The fraction of sp³-hybridized carbons (Fsp3) is 0.0833. The molecule has 32 heavy (non-hydrogen) atoms. The average molecular weight is 438 g/mol. The van der Waals surface area contributed by atoms with Crippen LogP contribution in [0.3, 0.4) is 0 Å². The molecule has 0 bridgehead atoms. The first-order valence-corrected chi connectivity index (χ1v) is 9.51. The summed E-state index contributed by atoms with van der Waals surface area (Å²) in [6, 6.07) is 17.1. The fourth-order valence-corrected chi connectivity index (χ4v) is 3.64. The monoisotopic (exact) mass is 438 g/mol. The molecule has 3 N–H and O–H groups in total. The zero-order valence-electron chi connectivity index (χ0n) is 16.8. The van der Waals surface area contributed by atoms with Crippen LogP contribution in [0.15, 0.2) is 66.7 Å². The maximum absolute atomic E-state index is 13.1. The number of nitrogens with two attached hydrogens (primary N) is 1. The number of methoxy groups -OCH3 is 1. The standard InChI is InChI=1S/C24H17F3N2O3/c1-32-23(31)18-11-14(13-5-3-2-4-6-13)10-17(21(18)22(28)30)20-12-15-9-16(24(25,26)27)7-8-19(15)29-20/h2-12,29H,1H3,(H2,28,30). The molecule has 0 spiro atoms. The third-order valence-corrected chi connectivity index (χ3v) is 5.14. The van der Waals surface area contributed by atoms with Crippen molar-refractivity contribution in [2.45, 2.75) is 6.18 Å². The molecule has 5 nitrogen and oxygen atoms in total. The molecule has 0 unspecified atom stereocenters. The number of esters is 1. The number of ether oxygens (including phenoxy) is 1. The average Bonchev–Trinajstić information content (AvgIpc) is 3.21. The molecule has 0 radical (unpaired) electrons. The predicted molar refractivity (Wildman–Crippen MR) is 114 cm³/mol. The molecule has 1 aromatic heterocycles. The van der Waals surface area contributed by atoms with E-state index in [1.54, 1.807) is 6.07 Å². The number of carbonyl (C=O) groups is 2. The van der Waals surface area contributed by atoms with Gasteiger partial charge in [0.05, 0.1) is 23.8 Å². The highest BCUT2D eigenvalue weighted by atomic mass is 19.4. The first-order chi connectivity index (χ1) is 15.2. The number of aromatic amines is 1. The van der Waals surface area contributed by atoms with Crippen LogP contribution >= 0.6 is 0 Å². The molecule has 0 aliphatic heterocycles. The van der Waals surface area contributed by atoms with E-state index in [4.69, 9.17) is 10.5 Å². The van der Waals surface area contributed by atoms with E-state index in [9.17, 15) is 22.8 Å². The highest BCUT2D eigenvalue weighted by Crippen LogP contribution is 2.36. The van der Waals surface area contributed by atoms with Crippen molar-refractivity contribution in [3.8, 4) is 22.4 Å². The molecule has 4 aromatic rings. The summed E-state index contributed by atoms with van der Waals surface area (Å²) in [7, 11) is 1.18. The number of fused-ring (bicyclic) bond motifs is 1. The Labute approximate surface area is 180 Å². The van der Waals surface area contributed by atoms with Gasteiger partial charge in [0.15, 0.2) is 0 Å². The van der Waals surface area contributed by atoms with Gasteiger partial charge in [-0.1, -0.05) is 30.3 Å². The number of benzene rings is 3. The molecule has 4 rings (SSSR count). The molecule has 0 atom stereocenters. The maximum Gasteiger partial charge on any atom is 0.416 e. The minimum atomic E-state index is -4.49. The lowest BCUT2D eigenvalue weighted by Gasteiger charge is -2.14. The number of hydrogen-bond donors (Lipinski definition) is 2. The van der Waals surface area contributed by atoms with Crippen molar-refractivity contribution >= 4 is 22.8 Å². The van der Waals surface area contributed by atoms with Crippen molar-refractivity contribution < 1.29 is 27.5 Å². The van der Waals surface area contributed by atoms with E-state index in [2.05, 4.69) is 4.98 Å². The first-order valence-electron chi connectivity index (χ1n) is 9.51. The van der Waals surface area contributed by atoms with Crippen LogP contribution in [0.1, 0.15) is 26.3 Å². The Morgan fingerprint density at radius 1 is 0.938 bits per heavy atom. The molecular formula is C24H17F3N2O3. The number of rotatable bonds is 4. The lowest BCUT2D eigenvalue weighted by atomic mass is 9.92. The van der Waals surface area contributed by atoms with Gasteiger partial charge in [-0.25, -0.2) is 4.79 Å². The Balaban J connectivity index is 2.00. The highest BCUT2D eigenvalue weighted by molar-refractivity contribution is 6.10. The SMILES string of the molecule is COC(=O)c1cc(-c2ccccc2)cc(-c2cc3cc(C(F)(F)F)ccc3[nH]2)c1C(N)=O. The summed E-state index contributed by atoms with van der Waals surface area (Å²) in [5.74, 6) is -1.62. The highest BCUT2D eigenvalue weighted by Gasteiger charge is 2.31. The van der Waals surface area contributed by atoms with Crippen LogP contribution in [0.25, 0.3) is 33.3 Å². The van der Waals surface area contributed by atoms with Gasteiger partial charge in [0, 0.05) is 22.2 Å². The van der Waals surface area contributed by atoms with Crippen molar-refractivity contribution in [1.82, 2.24) is 4.98 Å². The number of halogens is 3. The second-order valence-electron chi connectivity index (χ2n) is 7.15. The number of alkyl halides is 3. The summed E-state index contributed by atoms with van der Waals surface area (Å²) >= 11 is 0. The van der Waals surface area contributed by atoms with Gasteiger partial charge in [-0.3, -0.25) is 4.79 Å². The molecule has 8 heteroatoms. The predicted octanol–water partition coefficient (Wildman–Crippen LogP) is 5.41. The summed E-state index contributed by atoms with van der Waals surface area (Å²) in [4.78, 5) is 27.8. The minimum Gasteiger partial charge on any atom is -0.465 e. The van der Waals surface area contributed by atoms with E-state index in [0.717, 1.165) is 17.7 Å². The molecule has 0 fully saturated rings. The van der Waals surface area contributed by atoms with Gasteiger partial charge in [0.1, 0.15) is 0 Å². The van der Waals surface area contributed by atoms with Gasteiger partial charge in [-0.2, -0.15) is 13.2 Å². The summed E-state index contributed by atoms with van der Waals surface area (Å²) in [5, 5.41) is 0.301. The third kappa shape index (κ3) is 3.82. The Hall–Kier alpha value is -4.07. The van der Waals surface area contributed by atoms with E-state index in [1.807, 2.05) is 30.3 Å². The van der Waals surface area contributed by atoms with Crippen molar-refractivity contribution in [2.75, 3.05) is 7.11 Å². The normalized spacial score (nSPS) is 11.5. The Morgan fingerprint density at radius 3 is 2.28 bits per heavy atom. The maximum atomic E-state index is 13.1. The number of primary amides is 1. The molecule has 3 aromatic carbocycles. The fourth-order valence-electron chi connectivity index (χ4n) is 3.64. The summed E-state index contributed by atoms with van der Waals surface area (Å²) in [6.07, 6.45) is -4.49. The largest absolute Gasteiger partial charge is 0.465 e. The Kier molecular flexibility index (Phi) is 5.22. The molecule has 0 aliphatic rings. The molecule has 162 valence electrons. The zero-order chi connectivity index (χ0) is 23.0. The van der Waals surface area contributed by atoms with Gasteiger partial charge in [0.2, 0.25) is 5.91 Å².